The van der Waals surface area contributed by atoms with Crippen molar-refractivity contribution in [3.8, 4) is 5.69 Å². The van der Waals surface area contributed by atoms with Crippen molar-refractivity contribution in [1.82, 2.24) is 24.8 Å². The van der Waals surface area contributed by atoms with E-state index in [1.54, 1.807) is 18.7 Å². The highest BCUT2D eigenvalue weighted by Crippen LogP contribution is 2.25. The first-order valence-electron chi connectivity index (χ1n) is 12.5. The molecule has 0 saturated heterocycles. The molecule has 1 aromatic carbocycles. The molecule has 0 aliphatic heterocycles. The van der Waals surface area contributed by atoms with E-state index < -0.39 is 0 Å². The maximum absolute atomic E-state index is 13.1. The molecule has 0 unspecified atom stereocenters. The largest absolute Gasteiger partial charge is 0.393 e. The average molecular weight is 478 g/mol. The van der Waals surface area contributed by atoms with Crippen LogP contribution in [0, 0.1) is 5.92 Å². The van der Waals surface area contributed by atoms with Crippen LogP contribution in [0.4, 0.5) is 11.8 Å². The van der Waals surface area contributed by atoms with Crippen LogP contribution in [0.5, 0.6) is 0 Å². The first kappa shape index (κ1) is 24.7. The van der Waals surface area contributed by atoms with Gasteiger partial charge in [0.1, 0.15) is 11.4 Å². The monoisotopic (exact) mass is 477 g/mol. The maximum atomic E-state index is 13.1. The molecule has 9 nitrogen and oxygen atoms in total. The Morgan fingerprint density at radius 3 is 2.66 bits per heavy atom. The number of unbranched alkanes of at least 4 members (excludes halogenated alkanes) is 1. The van der Waals surface area contributed by atoms with Crippen LogP contribution in [-0.2, 0) is 6.54 Å². The van der Waals surface area contributed by atoms with Gasteiger partial charge in [0.15, 0.2) is 0 Å². The van der Waals surface area contributed by atoms with E-state index in [9.17, 15) is 9.90 Å². The van der Waals surface area contributed by atoms with E-state index in [1.165, 1.54) is 0 Å². The minimum atomic E-state index is -0.217. The van der Waals surface area contributed by atoms with Crippen molar-refractivity contribution in [2.75, 3.05) is 23.7 Å². The van der Waals surface area contributed by atoms with Crippen molar-refractivity contribution in [2.24, 2.45) is 5.92 Å². The number of aliphatic hydroxyl groups is 1. The summed E-state index contributed by atoms with van der Waals surface area (Å²) in [6.45, 7) is 4.04. The fourth-order valence-electron chi connectivity index (χ4n) is 4.21. The number of rotatable bonds is 11. The molecule has 1 aliphatic carbocycles. The van der Waals surface area contributed by atoms with E-state index in [4.69, 9.17) is 0 Å². The van der Waals surface area contributed by atoms with Gasteiger partial charge >= 0.3 is 0 Å². The summed E-state index contributed by atoms with van der Waals surface area (Å²) >= 11 is 0. The van der Waals surface area contributed by atoms with Gasteiger partial charge in [-0.3, -0.25) is 4.79 Å². The molecule has 186 valence electrons. The Labute approximate surface area is 206 Å². The van der Waals surface area contributed by atoms with Crippen molar-refractivity contribution in [2.45, 2.75) is 58.1 Å². The van der Waals surface area contributed by atoms with Crippen molar-refractivity contribution in [1.29, 1.82) is 0 Å². The summed E-state index contributed by atoms with van der Waals surface area (Å²) in [5.41, 5.74) is 2.44. The lowest BCUT2D eigenvalue weighted by molar-refractivity contribution is 0.0951. The summed E-state index contributed by atoms with van der Waals surface area (Å²) in [4.78, 5) is 26.1. The number of hydrogen-bond donors (Lipinski definition) is 4. The van der Waals surface area contributed by atoms with E-state index in [1.807, 2.05) is 35.0 Å². The van der Waals surface area contributed by atoms with Crippen LogP contribution in [-0.4, -0.2) is 49.7 Å². The summed E-state index contributed by atoms with van der Waals surface area (Å²) in [6, 6.07) is 7.97. The molecular formula is C26H35N7O2. The van der Waals surface area contributed by atoms with Crippen molar-refractivity contribution in [3.63, 3.8) is 0 Å². The highest BCUT2D eigenvalue weighted by atomic mass is 16.3. The summed E-state index contributed by atoms with van der Waals surface area (Å²) in [5.74, 6) is 1.30. The maximum Gasteiger partial charge on any atom is 0.256 e. The number of nitrogens with one attached hydrogen (secondary N) is 3. The van der Waals surface area contributed by atoms with Gasteiger partial charge in [-0.1, -0.05) is 25.5 Å². The third-order valence-corrected chi connectivity index (χ3v) is 6.41. The summed E-state index contributed by atoms with van der Waals surface area (Å²) in [6.07, 6.45) is 12.5. The Hall–Kier alpha value is -3.46. The average Bonchev–Trinajstić information content (AvgIpc) is 3.43. The molecule has 1 saturated carbocycles. The second-order valence-corrected chi connectivity index (χ2v) is 9.11. The van der Waals surface area contributed by atoms with Crippen LogP contribution >= 0.6 is 0 Å². The zero-order valence-corrected chi connectivity index (χ0v) is 20.3. The quantitative estimate of drug-likeness (QED) is 0.311. The second-order valence-electron chi connectivity index (χ2n) is 9.11. The molecule has 4 N–H and O–H groups in total. The van der Waals surface area contributed by atoms with Gasteiger partial charge in [-0.05, 0) is 55.7 Å². The zero-order chi connectivity index (χ0) is 24.5. The molecule has 35 heavy (non-hydrogen) atoms. The molecule has 4 rings (SSSR count). The van der Waals surface area contributed by atoms with E-state index >= 15 is 0 Å². The van der Waals surface area contributed by atoms with Gasteiger partial charge < -0.3 is 25.6 Å². The van der Waals surface area contributed by atoms with Gasteiger partial charge in [0.2, 0.25) is 5.95 Å². The first-order valence-corrected chi connectivity index (χ1v) is 12.5. The zero-order valence-electron chi connectivity index (χ0n) is 20.3. The number of benzene rings is 1. The van der Waals surface area contributed by atoms with Crippen molar-refractivity contribution >= 4 is 17.7 Å². The minimum absolute atomic E-state index is 0.185. The van der Waals surface area contributed by atoms with Crippen LogP contribution in [0.2, 0.25) is 0 Å². The normalized spacial score (nSPS) is 17.7. The summed E-state index contributed by atoms with van der Waals surface area (Å²) in [5, 5.41) is 19.4. The number of aromatic nitrogens is 4. The van der Waals surface area contributed by atoms with Crippen LogP contribution in [0.1, 0.15) is 61.4 Å². The van der Waals surface area contributed by atoms with Gasteiger partial charge in [0, 0.05) is 43.9 Å². The van der Waals surface area contributed by atoms with Crippen LogP contribution in [0.3, 0.4) is 0 Å². The lowest BCUT2D eigenvalue weighted by Crippen LogP contribution is -2.27. The van der Waals surface area contributed by atoms with Crippen molar-refractivity contribution in [3.05, 3.63) is 60.3 Å². The molecule has 0 bridgehead atoms. The molecule has 0 spiro atoms. The SMILES string of the molecule is CCCCNc1ncc(C(=O)NCc2ccc(-n3ccnc3)cc2)c(NCC2CCC(O)CC2)n1. The Balaban J connectivity index is 1.40. The molecule has 9 heteroatoms. The number of anilines is 2. The van der Waals surface area contributed by atoms with Gasteiger partial charge in [0.05, 0.1) is 12.4 Å². The second kappa shape index (κ2) is 12.3. The van der Waals surface area contributed by atoms with E-state index in [2.05, 4.69) is 37.8 Å². The van der Waals surface area contributed by atoms with E-state index in [0.29, 0.717) is 36.3 Å². The number of nitrogens with zero attached hydrogens (tertiary/aromatic N) is 4. The Morgan fingerprint density at radius 1 is 1.14 bits per heavy atom. The predicted octanol–water partition coefficient (Wildman–Crippen LogP) is 3.77. The highest BCUT2D eigenvalue weighted by Gasteiger charge is 2.21. The van der Waals surface area contributed by atoms with Crippen LogP contribution in [0.15, 0.2) is 49.2 Å². The van der Waals surface area contributed by atoms with E-state index in [0.717, 1.165) is 56.3 Å². The molecule has 2 aromatic heterocycles. The molecule has 1 aliphatic rings. The molecule has 2 heterocycles. The third-order valence-electron chi connectivity index (χ3n) is 6.41. The molecule has 0 atom stereocenters. The molecule has 1 amide bonds. The standard InChI is InChI=1S/C26H35N7O2/c1-2-3-12-28-26-31-17-23(24(32-26)29-15-20-6-10-22(34)11-7-20)25(35)30-16-19-4-8-21(9-5-19)33-14-13-27-18-33/h4-5,8-9,13-14,17-18,20,22,34H,2-3,6-7,10-12,15-16H2,1H3,(H,30,35)(H2,28,29,31,32). The number of carbonyl (C=O) groups is 1. The number of imidazole rings is 1. The topological polar surface area (TPSA) is 117 Å². The Bertz CT molecular complexity index is 1060. The molecular weight excluding hydrogens is 442 g/mol. The van der Waals surface area contributed by atoms with Crippen LogP contribution in [0.25, 0.3) is 5.69 Å². The highest BCUT2D eigenvalue weighted by molar-refractivity contribution is 5.98. The molecule has 1 fully saturated rings. The number of amides is 1. The molecule has 3 aromatic rings. The predicted molar refractivity (Wildman–Crippen MR) is 137 cm³/mol. The fourth-order valence-corrected chi connectivity index (χ4v) is 4.21. The van der Waals surface area contributed by atoms with Gasteiger partial charge in [0.25, 0.3) is 5.91 Å². The lowest BCUT2D eigenvalue weighted by Gasteiger charge is -2.26. The third kappa shape index (κ3) is 7.02. The summed E-state index contributed by atoms with van der Waals surface area (Å²) in [7, 11) is 0. The minimum Gasteiger partial charge on any atom is -0.393 e. The number of aliphatic hydroxyl groups excluding tert-OH is 1. The Kier molecular flexibility index (Phi) is 8.67. The number of hydrogen-bond acceptors (Lipinski definition) is 7. The first-order chi connectivity index (χ1) is 17.1. The van der Waals surface area contributed by atoms with E-state index in [-0.39, 0.29) is 12.0 Å². The Morgan fingerprint density at radius 2 is 1.94 bits per heavy atom. The van der Waals surface area contributed by atoms with Gasteiger partial charge in [-0.15, -0.1) is 0 Å². The smallest absolute Gasteiger partial charge is 0.256 e. The van der Waals surface area contributed by atoms with Gasteiger partial charge in [-0.2, -0.15) is 4.98 Å². The summed E-state index contributed by atoms with van der Waals surface area (Å²) < 4.78 is 1.93. The lowest BCUT2D eigenvalue weighted by atomic mass is 9.87. The fraction of sp³-hybridized carbons (Fsp3) is 0.462. The number of carbonyl (C=O) groups excluding carboxylic acids is 1. The van der Waals surface area contributed by atoms with Gasteiger partial charge in [-0.25, -0.2) is 9.97 Å². The molecule has 0 radical (unpaired) electrons. The van der Waals surface area contributed by atoms with Crippen LogP contribution < -0.4 is 16.0 Å². The van der Waals surface area contributed by atoms with Crippen molar-refractivity contribution < 1.29 is 9.90 Å².